The van der Waals surface area contributed by atoms with E-state index in [9.17, 15) is 4.79 Å². The van der Waals surface area contributed by atoms with Gasteiger partial charge in [0.05, 0.1) is 0 Å². The maximum absolute atomic E-state index is 11.6. The van der Waals surface area contributed by atoms with Gasteiger partial charge in [-0.1, -0.05) is 5.16 Å². The Morgan fingerprint density at radius 3 is 2.94 bits per heavy atom. The Labute approximate surface area is 92.8 Å². The van der Waals surface area contributed by atoms with Crippen molar-refractivity contribution < 1.29 is 9.32 Å². The lowest BCUT2D eigenvalue weighted by atomic mass is 10.00. The Balaban J connectivity index is 1.59. The van der Waals surface area contributed by atoms with Gasteiger partial charge in [-0.2, -0.15) is 4.98 Å². The summed E-state index contributed by atoms with van der Waals surface area (Å²) in [5, 5.41) is 9.69. The van der Waals surface area contributed by atoms with Crippen molar-refractivity contribution in [1.82, 2.24) is 20.8 Å². The summed E-state index contributed by atoms with van der Waals surface area (Å²) in [4.78, 5) is 15.7. The molecule has 0 radical (unpaired) electrons. The smallest absolute Gasteiger partial charge is 0.292 e. The lowest BCUT2D eigenvalue weighted by Crippen LogP contribution is -2.43. The molecule has 0 bridgehead atoms. The van der Waals surface area contributed by atoms with E-state index in [1.54, 1.807) is 0 Å². The topological polar surface area (TPSA) is 80.0 Å². The zero-order valence-corrected chi connectivity index (χ0v) is 8.90. The highest BCUT2D eigenvalue weighted by Crippen LogP contribution is 2.19. The van der Waals surface area contributed by atoms with Gasteiger partial charge < -0.3 is 15.2 Å². The van der Waals surface area contributed by atoms with Crippen LogP contribution in [0.2, 0.25) is 0 Å². The molecule has 1 saturated heterocycles. The molecule has 2 N–H and O–H groups in total. The van der Waals surface area contributed by atoms with Gasteiger partial charge >= 0.3 is 0 Å². The van der Waals surface area contributed by atoms with Gasteiger partial charge in [-0.15, -0.1) is 0 Å². The molecule has 3 rings (SSSR count). The van der Waals surface area contributed by atoms with Gasteiger partial charge in [0.25, 0.3) is 11.7 Å². The third kappa shape index (κ3) is 2.06. The van der Waals surface area contributed by atoms with Crippen LogP contribution in [0.5, 0.6) is 0 Å². The van der Waals surface area contributed by atoms with Gasteiger partial charge in [0.2, 0.25) is 5.89 Å². The van der Waals surface area contributed by atoms with Crippen LogP contribution >= 0.6 is 0 Å². The Kier molecular flexibility index (Phi) is 2.36. The summed E-state index contributed by atoms with van der Waals surface area (Å²) in [7, 11) is 0. The maximum atomic E-state index is 11.6. The molecule has 1 amide bonds. The summed E-state index contributed by atoms with van der Waals surface area (Å²) in [5.41, 5.74) is 0. The number of carbonyl (C=O) groups is 1. The van der Waals surface area contributed by atoms with Crippen molar-refractivity contribution in [2.24, 2.45) is 5.92 Å². The van der Waals surface area contributed by atoms with Crippen LogP contribution in [0.1, 0.15) is 29.4 Å². The maximum Gasteiger partial charge on any atom is 0.292 e. The van der Waals surface area contributed by atoms with Crippen molar-refractivity contribution >= 4 is 5.91 Å². The first-order valence-corrected chi connectivity index (χ1v) is 5.65. The van der Waals surface area contributed by atoms with E-state index in [0.717, 1.165) is 32.4 Å². The third-order valence-corrected chi connectivity index (χ3v) is 2.91. The zero-order chi connectivity index (χ0) is 11.0. The highest BCUT2D eigenvalue weighted by molar-refractivity contribution is 5.90. The number of rotatable bonds is 4. The lowest BCUT2D eigenvalue weighted by molar-refractivity contribution is 0.0937. The number of nitrogens with one attached hydrogen (secondary N) is 2. The molecule has 6 heteroatoms. The van der Waals surface area contributed by atoms with Crippen LogP contribution in [0, 0.1) is 5.92 Å². The molecule has 1 aliphatic carbocycles. The molecule has 2 fully saturated rings. The Morgan fingerprint density at radius 2 is 2.31 bits per heavy atom. The highest BCUT2D eigenvalue weighted by atomic mass is 16.5. The summed E-state index contributed by atoms with van der Waals surface area (Å²) < 4.78 is 5.04. The van der Waals surface area contributed by atoms with Gasteiger partial charge in [0.1, 0.15) is 0 Å². The van der Waals surface area contributed by atoms with Crippen molar-refractivity contribution in [2.75, 3.05) is 13.1 Å². The predicted octanol–water partition coefficient (Wildman–Crippen LogP) is -0.276. The fraction of sp³-hybridized carbons (Fsp3) is 0.700. The van der Waals surface area contributed by atoms with Gasteiger partial charge in [-0.25, -0.2) is 0 Å². The fourth-order valence-corrected chi connectivity index (χ4v) is 1.65. The standard InChI is InChI=1S/C10H14N4O2/c15-10(12-7-1-2-7)9-13-8(16-14-9)3-6-4-11-5-6/h6-7,11H,1-5H2,(H,12,15). The molecule has 2 aliphatic rings. The van der Waals surface area contributed by atoms with Crippen LogP contribution in [0.3, 0.4) is 0 Å². The number of nitrogens with zero attached hydrogens (tertiary/aromatic N) is 2. The lowest BCUT2D eigenvalue weighted by Gasteiger charge is -2.25. The fourth-order valence-electron chi connectivity index (χ4n) is 1.65. The van der Waals surface area contributed by atoms with Gasteiger partial charge in [0, 0.05) is 12.5 Å². The summed E-state index contributed by atoms with van der Waals surface area (Å²) in [6.45, 7) is 1.98. The van der Waals surface area contributed by atoms with Gasteiger partial charge in [-0.3, -0.25) is 4.79 Å². The molecule has 16 heavy (non-hydrogen) atoms. The third-order valence-electron chi connectivity index (χ3n) is 2.91. The molecule has 1 aromatic heterocycles. The number of carbonyl (C=O) groups excluding carboxylic acids is 1. The van der Waals surface area contributed by atoms with Crippen molar-refractivity contribution in [1.29, 1.82) is 0 Å². The van der Waals surface area contributed by atoms with E-state index in [0.29, 0.717) is 17.9 Å². The van der Waals surface area contributed by atoms with Crippen LogP contribution in [-0.4, -0.2) is 35.2 Å². The average molecular weight is 222 g/mol. The highest BCUT2D eigenvalue weighted by Gasteiger charge is 2.27. The van der Waals surface area contributed by atoms with E-state index in [2.05, 4.69) is 20.8 Å². The first-order chi connectivity index (χ1) is 7.81. The predicted molar refractivity (Wildman–Crippen MR) is 54.8 cm³/mol. The van der Waals surface area contributed by atoms with Gasteiger partial charge in [-0.05, 0) is 31.8 Å². The molecule has 0 aromatic carbocycles. The summed E-state index contributed by atoms with van der Waals surface area (Å²) in [6, 6.07) is 0.324. The normalized spacial score (nSPS) is 20.5. The SMILES string of the molecule is O=C(NC1CC1)c1noc(CC2CNC2)n1. The van der Waals surface area contributed by atoms with Gasteiger partial charge in [0.15, 0.2) is 0 Å². The minimum absolute atomic E-state index is 0.161. The Morgan fingerprint density at radius 1 is 1.50 bits per heavy atom. The van der Waals surface area contributed by atoms with Crippen molar-refractivity contribution in [3.63, 3.8) is 0 Å². The first-order valence-electron chi connectivity index (χ1n) is 5.65. The van der Waals surface area contributed by atoms with Crippen LogP contribution in [-0.2, 0) is 6.42 Å². The Bertz CT molecular complexity index is 395. The first kappa shape index (κ1) is 9.77. The second kappa shape index (κ2) is 3.86. The number of amides is 1. The minimum atomic E-state index is -0.218. The molecule has 1 saturated carbocycles. The molecular formula is C10H14N4O2. The molecule has 0 spiro atoms. The van der Waals surface area contributed by atoms with E-state index in [4.69, 9.17) is 4.52 Å². The molecule has 86 valence electrons. The molecule has 0 unspecified atom stereocenters. The molecule has 2 heterocycles. The average Bonchev–Trinajstić information content (AvgIpc) is 2.89. The number of aromatic nitrogens is 2. The van der Waals surface area contributed by atoms with Crippen LogP contribution < -0.4 is 10.6 Å². The van der Waals surface area contributed by atoms with E-state index in [1.807, 2.05) is 0 Å². The number of hydrogen-bond acceptors (Lipinski definition) is 5. The van der Waals surface area contributed by atoms with Crippen molar-refractivity contribution in [2.45, 2.75) is 25.3 Å². The van der Waals surface area contributed by atoms with Crippen molar-refractivity contribution in [3.8, 4) is 0 Å². The largest absolute Gasteiger partial charge is 0.346 e. The molecular weight excluding hydrogens is 208 g/mol. The monoisotopic (exact) mass is 222 g/mol. The Hall–Kier alpha value is -1.43. The van der Waals surface area contributed by atoms with Crippen molar-refractivity contribution in [3.05, 3.63) is 11.7 Å². The minimum Gasteiger partial charge on any atom is -0.346 e. The molecule has 0 atom stereocenters. The van der Waals surface area contributed by atoms with E-state index in [1.165, 1.54) is 0 Å². The summed E-state index contributed by atoms with van der Waals surface area (Å²) in [5.74, 6) is 1.07. The molecule has 6 nitrogen and oxygen atoms in total. The van der Waals surface area contributed by atoms with Crippen LogP contribution in [0.4, 0.5) is 0 Å². The molecule has 1 aromatic rings. The summed E-state index contributed by atoms with van der Waals surface area (Å²) in [6.07, 6.45) is 2.88. The second-order valence-electron chi connectivity index (χ2n) is 4.49. The molecule has 1 aliphatic heterocycles. The zero-order valence-electron chi connectivity index (χ0n) is 8.90. The number of hydrogen-bond donors (Lipinski definition) is 2. The quantitative estimate of drug-likeness (QED) is 0.732. The van der Waals surface area contributed by atoms with E-state index < -0.39 is 0 Å². The van der Waals surface area contributed by atoms with E-state index in [-0.39, 0.29) is 11.7 Å². The van der Waals surface area contributed by atoms with Crippen LogP contribution in [0.15, 0.2) is 4.52 Å². The van der Waals surface area contributed by atoms with E-state index >= 15 is 0 Å². The summed E-state index contributed by atoms with van der Waals surface area (Å²) >= 11 is 0. The second-order valence-corrected chi connectivity index (χ2v) is 4.49. The van der Waals surface area contributed by atoms with Crippen LogP contribution in [0.25, 0.3) is 0 Å².